The van der Waals surface area contributed by atoms with Crippen LogP contribution in [0.3, 0.4) is 0 Å². The lowest BCUT2D eigenvalue weighted by molar-refractivity contribution is 0.475. The zero-order valence-electron chi connectivity index (χ0n) is 13.3. The fourth-order valence-electron chi connectivity index (χ4n) is 2.72. The maximum atomic E-state index is 10.2. The summed E-state index contributed by atoms with van der Waals surface area (Å²) in [6, 6.07) is 22.3. The fraction of sp³-hybridized carbons (Fsp3) is 0. The van der Waals surface area contributed by atoms with Gasteiger partial charge in [0.15, 0.2) is 0 Å². The third-order valence-corrected chi connectivity index (χ3v) is 4.89. The van der Waals surface area contributed by atoms with Gasteiger partial charge in [-0.2, -0.15) is 0 Å². The van der Waals surface area contributed by atoms with Crippen LogP contribution in [0.25, 0.3) is 33.0 Å². The first kappa shape index (κ1) is 15.4. The molecule has 25 heavy (non-hydrogen) atoms. The number of nitrogens with zero attached hydrogens (tertiary/aromatic N) is 1. The Hall–Kier alpha value is -3.11. The second-order valence-corrected chi connectivity index (χ2v) is 6.62. The lowest BCUT2D eigenvalue weighted by atomic mass is 10.0. The summed E-state index contributed by atoms with van der Waals surface area (Å²) in [6.45, 7) is 0. The van der Waals surface area contributed by atoms with Gasteiger partial charge in [-0.05, 0) is 65.5 Å². The number of aromatic nitrogens is 1. The molecule has 4 rings (SSSR count). The largest absolute Gasteiger partial charge is 0.508 e. The van der Waals surface area contributed by atoms with Gasteiger partial charge in [0, 0.05) is 16.0 Å². The van der Waals surface area contributed by atoms with Crippen molar-refractivity contribution in [1.29, 1.82) is 0 Å². The molecule has 0 bridgehead atoms. The molecule has 4 aromatic rings. The van der Waals surface area contributed by atoms with Crippen molar-refractivity contribution in [1.82, 2.24) is 4.98 Å². The number of thiophene rings is 1. The maximum absolute atomic E-state index is 10.2. The van der Waals surface area contributed by atoms with Crippen LogP contribution >= 0.6 is 11.3 Å². The third kappa shape index (κ3) is 3.12. The van der Waals surface area contributed by atoms with E-state index in [1.165, 1.54) is 0 Å². The topological polar surface area (TPSA) is 53.4 Å². The number of hydrogen-bond donors (Lipinski definition) is 2. The Morgan fingerprint density at radius 1 is 0.720 bits per heavy atom. The van der Waals surface area contributed by atoms with Gasteiger partial charge >= 0.3 is 0 Å². The summed E-state index contributed by atoms with van der Waals surface area (Å²) in [5.74, 6) is 0.425. The van der Waals surface area contributed by atoms with Crippen LogP contribution < -0.4 is 0 Å². The SMILES string of the molecule is Oc1ccc(-c2cc(-c3cccs3)cc(-c3ccccc3O)n2)cc1. The Morgan fingerprint density at radius 2 is 1.48 bits per heavy atom. The number of aromatic hydroxyl groups is 2. The van der Waals surface area contributed by atoms with Gasteiger partial charge in [0.2, 0.25) is 0 Å². The maximum Gasteiger partial charge on any atom is 0.124 e. The number of rotatable bonds is 3. The molecule has 0 saturated carbocycles. The van der Waals surface area contributed by atoms with Crippen LogP contribution in [-0.4, -0.2) is 15.2 Å². The van der Waals surface area contributed by atoms with Crippen molar-refractivity contribution in [2.45, 2.75) is 0 Å². The average Bonchev–Trinajstić information content (AvgIpc) is 3.17. The average molecular weight is 345 g/mol. The van der Waals surface area contributed by atoms with Crippen LogP contribution in [0.15, 0.2) is 78.2 Å². The van der Waals surface area contributed by atoms with Crippen LogP contribution in [0.2, 0.25) is 0 Å². The zero-order chi connectivity index (χ0) is 17.2. The summed E-state index contributed by atoms with van der Waals surface area (Å²) in [4.78, 5) is 5.88. The first-order chi connectivity index (χ1) is 12.2. The molecule has 0 spiro atoms. The Balaban J connectivity index is 1.92. The van der Waals surface area contributed by atoms with E-state index in [1.807, 2.05) is 47.8 Å². The molecule has 0 atom stereocenters. The molecule has 0 aliphatic heterocycles. The summed E-state index contributed by atoms with van der Waals surface area (Å²) in [5, 5.41) is 21.8. The van der Waals surface area contributed by atoms with Crippen molar-refractivity contribution in [3.05, 3.63) is 78.2 Å². The van der Waals surface area contributed by atoms with Gasteiger partial charge in [-0.1, -0.05) is 18.2 Å². The Labute approximate surface area is 149 Å². The Bertz CT molecular complexity index is 1010. The molecule has 0 aliphatic rings. The Kier molecular flexibility index (Phi) is 3.96. The quantitative estimate of drug-likeness (QED) is 0.511. The molecule has 2 N–H and O–H groups in total. The minimum absolute atomic E-state index is 0.204. The molecule has 122 valence electrons. The standard InChI is InChI=1S/C21H15NO2S/c23-16-9-7-14(8-10-16)18-12-15(21-6-3-11-25-21)13-19(22-18)17-4-1-2-5-20(17)24/h1-13,23-24H. The number of phenolic OH excluding ortho intramolecular Hbond substituents is 2. The van der Waals surface area contributed by atoms with E-state index in [-0.39, 0.29) is 11.5 Å². The second kappa shape index (κ2) is 6.42. The third-order valence-electron chi connectivity index (χ3n) is 3.97. The van der Waals surface area contributed by atoms with Crippen LogP contribution in [-0.2, 0) is 0 Å². The lowest BCUT2D eigenvalue weighted by Crippen LogP contribution is -1.90. The summed E-state index contributed by atoms with van der Waals surface area (Å²) in [5.41, 5.74) is 4.16. The van der Waals surface area contributed by atoms with Gasteiger partial charge in [-0.15, -0.1) is 11.3 Å². The van der Waals surface area contributed by atoms with Crippen LogP contribution in [0.4, 0.5) is 0 Å². The van der Waals surface area contributed by atoms with E-state index in [9.17, 15) is 10.2 Å². The smallest absolute Gasteiger partial charge is 0.124 e. The highest BCUT2D eigenvalue weighted by molar-refractivity contribution is 7.13. The highest BCUT2D eigenvalue weighted by Gasteiger charge is 2.11. The molecule has 0 radical (unpaired) electrons. The van der Waals surface area contributed by atoms with Crippen LogP contribution in [0, 0.1) is 0 Å². The van der Waals surface area contributed by atoms with Crippen LogP contribution in [0.5, 0.6) is 11.5 Å². The highest BCUT2D eigenvalue weighted by Crippen LogP contribution is 2.35. The predicted octanol–water partition coefficient (Wildman–Crippen LogP) is 5.56. The number of phenols is 2. The van der Waals surface area contributed by atoms with Crippen LogP contribution in [0.1, 0.15) is 0 Å². The molecule has 0 saturated heterocycles. The molecule has 2 aromatic heterocycles. The molecular formula is C21H15NO2S. The molecule has 2 heterocycles. The molecule has 2 aromatic carbocycles. The van der Waals surface area contributed by atoms with Crippen molar-refractivity contribution in [2.24, 2.45) is 0 Å². The van der Waals surface area contributed by atoms with Crippen molar-refractivity contribution < 1.29 is 10.2 Å². The predicted molar refractivity (Wildman–Crippen MR) is 102 cm³/mol. The number of pyridine rings is 1. The van der Waals surface area contributed by atoms with Gasteiger partial charge in [-0.3, -0.25) is 0 Å². The van der Waals surface area contributed by atoms with E-state index in [0.717, 1.165) is 21.7 Å². The second-order valence-electron chi connectivity index (χ2n) is 5.67. The van der Waals surface area contributed by atoms with Gasteiger partial charge < -0.3 is 10.2 Å². The molecule has 3 nitrogen and oxygen atoms in total. The van der Waals surface area contributed by atoms with E-state index in [0.29, 0.717) is 11.3 Å². The lowest BCUT2D eigenvalue weighted by Gasteiger charge is -2.10. The minimum Gasteiger partial charge on any atom is -0.508 e. The highest BCUT2D eigenvalue weighted by atomic mass is 32.1. The van der Waals surface area contributed by atoms with Gasteiger partial charge in [0.1, 0.15) is 11.5 Å². The van der Waals surface area contributed by atoms with E-state index in [4.69, 9.17) is 4.98 Å². The Morgan fingerprint density at radius 3 is 2.20 bits per heavy atom. The number of benzene rings is 2. The first-order valence-corrected chi connectivity index (χ1v) is 8.72. The summed E-state index contributed by atoms with van der Waals surface area (Å²) >= 11 is 1.66. The van der Waals surface area contributed by atoms with Crippen molar-refractivity contribution >= 4 is 11.3 Å². The van der Waals surface area contributed by atoms with Crippen molar-refractivity contribution in [3.8, 4) is 44.5 Å². The van der Waals surface area contributed by atoms with E-state index in [1.54, 1.807) is 35.6 Å². The first-order valence-electron chi connectivity index (χ1n) is 7.84. The van der Waals surface area contributed by atoms with Crippen molar-refractivity contribution in [3.63, 3.8) is 0 Å². The number of hydrogen-bond acceptors (Lipinski definition) is 4. The van der Waals surface area contributed by atoms with Crippen molar-refractivity contribution in [2.75, 3.05) is 0 Å². The molecule has 0 fully saturated rings. The van der Waals surface area contributed by atoms with Gasteiger partial charge in [0.25, 0.3) is 0 Å². The molecule has 0 amide bonds. The summed E-state index contributed by atoms with van der Waals surface area (Å²) in [7, 11) is 0. The molecule has 4 heteroatoms. The van der Waals surface area contributed by atoms with E-state index < -0.39 is 0 Å². The monoisotopic (exact) mass is 345 g/mol. The zero-order valence-corrected chi connectivity index (χ0v) is 14.1. The van der Waals surface area contributed by atoms with E-state index in [2.05, 4.69) is 6.07 Å². The molecule has 0 aliphatic carbocycles. The van der Waals surface area contributed by atoms with E-state index >= 15 is 0 Å². The minimum atomic E-state index is 0.204. The fourth-order valence-corrected chi connectivity index (χ4v) is 3.44. The normalized spacial score (nSPS) is 10.7. The number of para-hydroxylation sites is 1. The summed E-state index contributed by atoms with van der Waals surface area (Å²) < 4.78 is 0. The van der Waals surface area contributed by atoms with Gasteiger partial charge in [0.05, 0.1) is 11.4 Å². The summed E-state index contributed by atoms with van der Waals surface area (Å²) in [6.07, 6.45) is 0. The molecular weight excluding hydrogens is 330 g/mol. The van der Waals surface area contributed by atoms with Gasteiger partial charge in [-0.25, -0.2) is 4.98 Å². The molecule has 0 unspecified atom stereocenters.